The molecule has 2 N–H and O–H groups in total. The summed E-state index contributed by atoms with van der Waals surface area (Å²) in [5.74, 6) is 0.742. The fraction of sp³-hybridized carbons (Fsp3) is 0.333. The van der Waals surface area contributed by atoms with Gasteiger partial charge in [-0.2, -0.15) is 0 Å². The predicted octanol–water partition coefficient (Wildman–Crippen LogP) is 1.86. The monoisotopic (exact) mass is 337 g/mol. The van der Waals surface area contributed by atoms with Gasteiger partial charge in [-0.25, -0.2) is 0 Å². The first-order valence-corrected chi connectivity index (χ1v) is 8.46. The number of aromatic nitrogens is 4. The van der Waals surface area contributed by atoms with Crippen molar-refractivity contribution in [3.05, 3.63) is 52.7 Å². The molecule has 0 radical (unpaired) electrons. The molecule has 0 aromatic carbocycles. The lowest BCUT2D eigenvalue weighted by Gasteiger charge is -2.09. The molecule has 3 heterocycles. The molecule has 7 nitrogen and oxygen atoms in total. The SMILES string of the molecule is Cc1c(C(=O)NCCc2nnc3ccccn23)[nH]c2c1C(=O)CCC2. The van der Waals surface area contributed by atoms with Crippen molar-refractivity contribution in [2.75, 3.05) is 6.54 Å². The third kappa shape index (κ3) is 2.71. The molecule has 0 saturated heterocycles. The maximum Gasteiger partial charge on any atom is 0.268 e. The van der Waals surface area contributed by atoms with Crippen LogP contribution in [-0.2, 0) is 12.8 Å². The molecule has 128 valence electrons. The molecule has 0 saturated carbocycles. The second-order valence-electron chi connectivity index (χ2n) is 6.31. The van der Waals surface area contributed by atoms with Gasteiger partial charge in [0.2, 0.25) is 0 Å². The van der Waals surface area contributed by atoms with Gasteiger partial charge >= 0.3 is 0 Å². The number of Topliss-reactive ketones (excluding diaryl/α,β-unsaturated/α-hetero) is 1. The van der Waals surface area contributed by atoms with Gasteiger partial charge in [0.25, 0.3) is 5.91 Å². The summed E-state index contributed by atoms with van der Waals surface area (Å²) in [5, 5.41) is 11.2. The van der Waals surface area contributed by atoms with E-state index in [4.69, 9.17) is 0 Å². The van der Waals surface area contributed by atoms with Gasteiger partial charge in [0.05, 0.1) is 0 Å². The Kier molecular flexibility index (Phi) is 3.83. The number of hydrogen-bond acceptors (Lipinski definition) is 4. The average molecular weight is 337 g/mol. The summed E-state index contributed by atoms with van der Waals surface area (Å²) in [5.41, 5.74) is 3.63. The van der Waals surface area contributed by atoms with E-state index in [9.17, 15) is 9.59 Å². The molecule has 3 aromatic rings. The van der Waals surface area contributed by atoms with Crippen molar-refractivity contribution < 1.29 is 9.59 Å². The van der Waals surface area contributed by atoms with Crippen LogP contribution in [-0.4, -0.2) is 37.8 Å². The molecule has 7 heteroatoms. The van der Waals surface area contributed by atoms with Crippen LogP contribution >= 0.6 is 0 Å². The molecule has 0 spiro atoms. The first-order valence-electron chi connectivity index (χ1n) is 8.46. The Balaban J connectivity index is 1.45. The molecule has 0 bridgehead atoms. The minimum Gasteiger partial charge on any atom is -0.354 e. The van der Waals surface area contributed by atoms with Crippen LogP contribution in [0.3, 0.4) is 0 Å². The van der Waals surface area contributed by atoms with E-state index < -0.39 is 0 Å². The zero-order chi connectivity index (χ0) is 17.4. The summed E-state index contributed by atoms with van der Waals surface area (Å²) >= 11 is 0. The van der Waals surface area contributed by atoms with Gasteiger partial charge in [-0.15, -0.1) is 10.2 Å². The Morgan fingerprint density at radius 2 is 2.20 bits per heavy atom. The summed E-state index contributed by atoms with van der Waals surface area (Å²) < 4.78 is 1.91. The number of rotatable bonds is 4. The highest BCUT2D eigenvalue weighted by Crippen LogP contribution is 2.26. The second kappa shape index (κ2) is 6.16. The van der Waals surface area contributed by atoms with E-state index in [0.29, 0.717) is 30.6 Å². The number of nitrogens with zero attached hydrogens (tertiary/aromatic N) is 3. The molecule has 4 rings (SSSR count). The highest BCUT2D eigenvalue weighted by atomic mass is 16.2. The number of hydrogen-bond donors (Lipinski definition) is 2. The lowest BCUT2D eigenvalue weighted by atomic mass is 9.94. The van der Waals surface area contributed by atoms with E-state index in [2.05, 4.69) is 20.5 Å². The molecule has 1 aliphatic rings. The van der Waals surface area contributed by atoms with Gasteiger partial charge in [-0.3, -0.25) is 14.0 Å². The zero-order valence-electron chi connectivity index (χ0n) is 14.0. The molecule has 0 aliphatic heterocycles. The van der Waals surface area contributed by atoms with Crippen LogP contribution in [0.15, 0.2) is 24.4 Å². The first kappa shape index (κ1) is 15.6. The zero-order valence-corrected chi connectivity index (χ0v) is 14.0. The molecular formula is C18H19N5O2. The number of pyridine rings is 1. The Labute approximate surface area is 144 Å². The molecule has 3 aromatic heterocycles. The lowest BCUT2D eigenvalue weighted by Crippen LogP contribution is -2.27. The summed E-state index contributed by atoms with van der Waals surface area (Å²) in [6.45, 7) is 2.28. The van der Waals surface area contributed by atoms with E-state index in [1.165, 1.54) is 0 Å². The average Bonchev–Trinajstić information content (AvgIpc) is 3.17. The van der Waals surface area contributed by atoms with Crippen molar-refractivity contribution >= 4 is 17.3 Å². The number of aryl methyl sites for hydroxylation is 1. The smallest absolute Gasteiger partial charge is 0.268 e. The van der Waals surface area contributed by atoms with E-state index in [-0.39, 0.29) is 11.7 Å². The molecule has 1 aliphatic carbocycles. The number of fused-ring (bicyclic) bond motifs is 2. The largest absolute Gasteiger partial charge is 0.354 e. The van der Waals surface area contributed by atoms with Crippen LogP contribution in [0.25, 0.3) is 5.65 Å². The van der Waals surface area contributed by atoms with Crippen LogP contribution in [0.4, 0.5) is 0 Å². The highest BCUT2D eigenvalue weighted by molar-refractivity contribution is 6.04. The van der Waals surface area contributed by atoms with Crippen LogP contribution in [0, 0.1) is 6.92 Å². The minimum atomic E-state index is -0.187. The third-order valence-electron chi connectivity index (χ3n) is 4.68. The summed E-state index contributed by atoms with van der Waals surface area (Å²) in [7, 11) is 0. The maximum absolute atomic E-state index is 12.5. The van der Waals surface area contributed by atoms with E-state index in [1.807, 2.05) is 35.7 Å². The van der Waals surface area contributed by atoms with Crippen molar-refractivity contribution in [3.63, 3.8) is 0 Å². The van der Waals surface area contributed by atoms with Gasteiger partial charge in [0.15, 0.2) is 11.4 Å². The van der Waals surface area contributed by atoms with Crippen molar-refractivity contribution in [2.24, 2.45) is 0 Å². The minimum absolute atomic E-state index is 0.129. The fourth-order valence-electron chi connectivity index (χ4n) is 3.44. The van der Waals surface area contributed by atoms with Gasteiger partial charge < -0.3 is 10.3 Å². The number of aromatic amines is 1. The molecule has 0 atom stereocenters. The maximum atomic E-state index is 12.5. The van der Waals surface area contributed by atoms with Crippen molar-refractivity contribution in [2.45, 2.75) is 32.6 Å². The lowest BCUT2D eigenvalue weighted by molar-refractivity contribution is 0.0947. The van der Waals surface area contributed by atoms with Crippen molar-refractivity contribution in [1.29, 1.82) is 0 Å². The number of amides is 1. The van der Waals surface area contributed by atoms with Gasteiger partial charge in [0, 0.05) is 36.8 Å². The number of carbonyl (C=O) groups excluding carboxylic acids is 2. The molecular weight excluding hydrogens is 318 g/mol. The summed E-state index contributed by atoms with van der Waals surface area (Å²) in [6, 6.07) is 5.72. The number of nitrogens with one attached hydrogen (secondary N) is 2. The molecule has 0 unspecified atom stereocenters. The van der Waals surface area contributed by atoms with Crippen molar-refractivity contribution in [1.82, 2.24) is 24.9 Å². The normalized spacial score (nSPS) is 13.9. The van der Waals surface area contributed by atoms with Crippen molar-refractivity contribution in [3.8, 4) is 0 Å². The fourth-order valence-corrected chi connectivity index (χ4v) is 3.44. The number of H-pyrrole nitrogens is 1. The Hall–Kier alpha value is -2.96. The van der Waals surface area contributed by atoms with Crippen LogP contribution in [0.2, 0.25) is 0 Å². The predicted molar refractivity (Wildman–Crippen MR) is 91.8 cm³/mol. The van der Waals surface area contributed by atoms with Gasteiger partial charge in [-0.05, 0) is 37.5 Å². The van der Waals surface area contributed by atoms with Gasteiger partial charge in [0.1, 0.15) is 11.5 Å². The summed E-state index contributed by atoms with van der Waals surface area (Å²) in [4.78, 5) is 27.7. The molecule has 0 fully saturated rings. The summed E-state index contributed by atoms with van der Waals surface area (Å²) in [6.07, 6.45) is 4.71. The Bertz CT molecular complexity index is 969. The van der Waals surface area contributed by atoms with Crippen LogP contribution < -0.4 is 5.32 Å². The van der Waals surface area contributed by atoms with Crippen LogP contribution in [0.5, 0.6) is 0 Å². The molecule has 1 amide bonds. The standard InChI is InChI=1S/C18H19N5O2/c1-11-16-12(5-4-6-13(16)24)20-17(11)18(25)19-9-8-15-22-21-14-7-2-3-10-23(14)15/h2-3,7,10,20H,4-6,8-9H2,1H3,(H,19,25). The van der Waals surface area contributed by atoms with Gasteiger partial charge in [-0.1, -0.05) is 6.07 Å². The number of ketones is 1. The quantitative estimate of drug-likeness (QED) is 0.760. The highest BCUT2D eigenvalue weighted by Gasteiger charge is 2.26. The first-order chi connectivity index (χ1) is 12.1. The Morgan fingerprint density at radius 3 is 3.04 bits per heavy atom. The Morgan fingerprint density at radius 1 is 1.32 bits per heavy atom. The van der Waals surface area contributed by atoms with E-state index in [0.717, 1.165) is 35.6 Å². The topological polar surface area (TPSA) is 92.2 Å². The number of carbonyl (C=O) groups is 2. The van der Waals surface area contributed by atoms with Crippen LogP contribution in [0.1, 0.15) is 50.8 Å². The third-order valence-corrected chi connectivity index (χ3v) is 4.68. The molecule has 25 heavy (non-hydrogen) atoms. The van der Waals surface area contributed by atoms with E-state index in [1.54, 1.807) is 0 Å². The van der Waals surface area contributed by atoms with E-state index >= 15 is 0 Å². The second-order valence-corrected chi connectivity index (χ2v) is 6.31.